The minimum atomic E-state index is -0.757. The zero-order valence-electron chi connectivity index (χ0n) is 20.3. The first-order chi connectivity index (χ1) is 17.8. The number of benzene rings is 2. The van der Waals surface area contributed by atoms with Crippen LogP contribution in [0, 0.1) is 5.92 Å². The second-order valence-electron chi connectivity index (χ2n) is 8.41. The summed E-state index contributed by atoms with van der Waals surface area (Å²) in [5, 5.41) is 0.464. The highest BCUT2D eigenvalue weighted by Gasteiger charge is 2.36. The molecule has 3 rings (SSSR count). The van der Waals surface area contributed by atoms with E-state index in [-0.39, 0.29) is 24.4 Å². The molecule has 1 aliphatic rings. The van der Waals surface area contributed by atoms with E-state index in [1.54, 1.807) is 24.3 Å². The molecule has 0 aliphatic carbocycles. The Balaban J connectivity index is 1.43. The molecule has 0 bridgehead atoms. The molecule has 1 atom stereocenters. The number of hydrazine groups is 1. The second-order valence-corrected chi connectivity index (χ2v) is 8.85. The van der Waals surface area contributed by atoms with Crippen LogP contribution in [0.15, 0.2) is 48.5 Å². The highest BCUT2D eigenvalue weighted by atomic mass is 35.5. The molecule has 1 aliphatic heterocycles. The Hall–Kier alpha value is -3.92. The fourth-order valence-electron chi connectivity index (χ4n) is 3.58. The quantitative estimate of drug-likeness (QED) is 0.275. The van der Waals surface area contributed by atoms with Gasteiger partial charge in [-0.25, -0.2) is 4.79 Å². The van der Waals surface area contributed by atoms with Gasteiger partial charge in [0.1, 0.15) is 0 Å². The summed E-state index contributed by atoms with van der Waals surface area (Å²) in [6.07, 6.45) is 2.74. The van der Waals surface area contributed by atoms with Crippen LogP contribution in [-0.4, -0.2) is 49.4 Å². The highest BCUT2D eigenvalue weighted by Crippen LogP contribution is 2.26. The second kappa shape index (κ2) is 13.4. The van der Waals surface area contributed by atoms with Crippen molar-refractivity contribution >= 4 is 46.9 Å². The van der Waals surface area contributed by atoms with Gasteiger partial charge in [-0.1, -0.05) is 31.4 Å². The van der Waals surface area contributed by atoms with Crippen molar-refractivity contribution in [3.05, 3.63) is 64.7 Å². The minimum absolute atomic E-state index is 0.0744. The molecule has 2 aromatic carbocycles. The number of nitrogens with one attached hydrogen (secondary N) is 2. The number of carbonyl (C=O) groups is 5. The van der Waals surface area contributed by atoms with E-state index < -0.39 is 36.3 Å². The van der Waals surface area contributed by atoms with E-state index in [0.717, 1.165) is 19.3 Å². The summed E-state index contributed by atoms with van der Waals surface area (Å²) in [5.74, 6) is -3.48. The maximum Gasteiger partial charge on any atom is 0.338 e. The van der Waals surface area contributed by atoms with Crippen molar-refractivity contribution in [3.63, 3.8) is 0 Å². The van der Waals surface area contributed by atoms with Crippen molar-refractivity contribution < 1.29 is 33.4 Å². The summed E-state index contributed by atoms with van der Waals surface area (Å²) in [6.45, 7) is 1.87. The van der Waals surface area contributed by atoms with Gasteiger partial charge in [0.15, 0.2) is 6.61 Å². The number of halogens is 1. The SMILES string of the molecule is CCCCCOC(=O)c1ccc(N2C[C@H](C(=O)OCC(=O)NNC(=O)c3ccc(Cl)cc3)CC2=O)cc1. The molecular weight excluding hydrogens is 502 g/mol. The lowest BCUT2D eigenvalue weighted by Crippen LogP contribution is -2.43. The summed E-state index contributed by atoms with van der Waals surface area (Å²) in [4.78, 5) is 62.4. The van der Waals surface area contributed by atoms with Crippen LogP contribution >= 0.6 is 11.6 Å². The molecule has 196 valence electrons. The third-order valence-corrected chi connectivity index (χ3v) is 5.87. The Labute approximate surface area is 219 Å². The molecule has 1 saturated heterocycles. The Kier molecular flexibility index (Phi) is 10.0. The first-order valence-corrected chi connectivity index (χ1v) is 12.2. The van der Waals surface area contributed by atoms with Gasteiger partial charge < -0.3 is 14.4 Å². The van der Waals surface area contributed by atoms with Gasteiger partial charge in [-0.2, -0.15) is 0 Å². The minimum Gasteiger partial charge on any atom is -0.462 e. The van der Waals surface area contributed by atoms with E-state index in [4.69, 9.17) is 21.1 Å². The predicted molar refractivity (Wildman–Crippen MR) is 135 cm³/mol. The molecule has 3 amide bonds. The molecule has 0 saturated carbocycles. The number of esters is 2. The van der Waals surface area contributed by atoms with Crippen LogP contribution in [0.5, 0.6) is 0 Å². The molecule has 0 unspecified atom stereocenters. The molecule has 2 N–H and O–H groups in total. The molecule has 0 spiro atoms. The average Bonchev–Trinajstić information content (AvgIpc) is 3.30. The molecule has 10 nitrogen and oxygen atoms in total. The number of carbonyl (C=O) groups excluding carboxylic acids is 5. The van der Waals surface area contributed by atoms with Gasteiger partial charge in [0.2, 0.25) is 5.91 Å². The molecular formula is C26H28ClN3O7. The monoisotopic (exact) mass is 529 g/mol. The van der Waals surface area contributed by atoms with Gasteiger partial charge in [0, 0.05) is 29.2 Å². The molecule has 1 heterocycles. The smallest absolute Gasteiger partial charge is 0.338 e. The number of hydrogen-bond donors (Lipinski definition) is 2. The Morgan fingerprint density at radius 1 is 0.946 bits per heavy atom. The summed E-state index contributed by atoms with van der Waals surface area (Å²) >= 11 is 5.77. The van der Waals surface area contributed by atoms with Crippen LogP contribution in [0.4, 0.5) is 5.69 Å². The lowest BCUT2D eigenvalue weighted by Gasteiger charge is -2.17. The number of nitrogens with zero attached hydrogens (tertiary/aromatic N) is 1. The summed E-state index contributed by atoms with van der Waals surface area (Å²) in [6, 6.07) is 12.4. The summed E-state index contributed by atoms with van der Waals surface area (Å²) in [7, 11) is 0. The Morgan fingerprint density at radius 3 is 2.30 bits per heavy atom. The lowest BCUT2D eigenvalue weighted by atomic mass is 10.1. The van der Waals surface area contributed by atoms with Crippen molar-refractivity contribution in [2.45, 2.75) is 32.6 Å². The van der Waals surface area contributed by atoms with Crippen LogP contribution < -0.4 is 15.8 Å². The third kappa shape index (κ3) is 8.04. The Morgan fingerprint density at radius 2 is 1.62 bits per heavy atom. The zero-order chi connectivity index (χ0) is 26.8. The topological polar surface area (TPSA) is 131 Å². The number of amides is 3. The van der Waals surface area contributed by atoms with Crippen molar-refractivity contribution in [1.29, 1.82) is 0 Å². The summed E-state index contributed by atoms with van der Waals surface area (Å²) in [5.41, 5.74) is 5.55. The maximum absolute atomic E-state index is 12.5. The third-order valence-electron chi connectivity index (χ3n) is 5.62. The number of ether oxygens (including phenoxy) is 2. The standard InChI is InChI=1S/C26H28ClN3O7/c1-2-3-4-13-36-25(34)18-7-11-21(12-8-18)30-15-19(14-23(30)32)26(35)37-16-22(31)28-29-24(33)17-5-9-20(27)10-6-17/h5-12,19H,2-4,13-16H2,1H3,(H,28,31)(H,29,33)/t19-/m1/s1. The van der Waals surface area contributed by atoms with Crippen LogP contribution in [0.2, 0.25) is 5.02 Å². The van der Waals surface area contributed by atoms with E-state index in [1.165, 1.54) is 29.2 Å². The number of hydrogen-bond acceptors (Lipinski definition) is 7. The average molecular weight is 530 g/mol. The lowest BCUT2D eigenvalue weighted by molar-refractivity contribution is -0.152. The molecule has 1 fully saturated rings. The van der Waals surface area contributed by atoms with Crippen molar-refractivity contribution in [2.75, 3.05) is 24.7 Å². The number of anilines is 1. The van der Waals surface area contributed by atoms with Gasteiger partial charge in [0.25, 0.3) is 11.8 Å². The van der Waals surface area contributed by atoms with E-state index in [1.807, 2.05) is 0 Å². The number of rotatable bonds is 10. The van der Waals surface area contributed by atoms with E-state index in [0.29, 0.717) is 22.9 Å². The molecule has 2 aromatic rings. The van der Waals surface area contributed by atoms with Crippen LogP contribution in [0.1, 0.15) is 53.3 Å². The normalized spacial score (nSPS) is 14.7. The van der Waals surface area contributed by atoms with Gasteiger partial charge in [-0.3, -0.25) is 30.0 Å². The van der Waals surface area contributed by atoms with E-state index in [9.17, 15) is 24.0 Å². The summed E-state index contributed by atoms with van der Waals surface area (Å²) < 4.78 is 10.2. The largest absolute Gasteiger partial charge is 0.462 e. The molecule has 0 aromatic heterocycles. The predicted octanol–water partition coefficient (Wildman–Crippen LogP) is 3.04. The van der Waals surface area contributed by atoms with Crippen LogP contribution in [0.3, 0.4) is 0 Å². The first-order valence-electron chi connectivity index (χ1n) is 11.9. The first kappa shape index (κ1) is 27.7. The van der Waals surface area contributed by atoms with Crippen LogP contribution in [0.25, 0.3) is 0 Å². The van der Waals surface area contributed by atoms with Crippen molar-refractivity contribution in [3.8, 4) is 0 Å². The fourth-order valence-corrected chi connectivity index (χ4v) is 3.71. The highest BCUT2D eigenvalue weighted by molar-refractivity contribution is 6.30. The fraction of sp³-hybridized carbons (Fsp3) is 0.346. The van der Waals surface area contributed by atoms with Crippen molar-refractivity contribution in [1.82, 2.24) is 10.9 Å². The maximum atomic E-state index is 12.5. The van der Waals surface area contributed by atoms with Gasteiger partial charge in [-0.05, 0) is 55.0 Å². The van der Waals surface area contributed by atoms with Crippen LogP contribution in [-0.2, 0) is 23.9 Å². The van der Waals surface area contributed by atoms with E-state index >= 15 is 0 Å². The zero-order valence-corrected chi connectivity index (χ0v) is 21.1. The van der Waals surface area contributed by atoms with Gasteiger partial charge in [-0.15, -0.1) is 0 Å². The van der Waals surface area contributed by atoms with E-state index in [2.05, 4.69) is 17.8 Å². The Bertz CT molecular complexity index is 1140. The van der Waals surface area contributed by atoms with Gasteiger partial charge >= 0.3 is 11.9 Å². The molecule has 0 radical (unpaired) electrons. The molecule has 11 heteroatoms. The number of unbranched alkanes of at least 4 members (excludes halogenated alkanes) is 2. The van der Waals surface area contributed by atoms with Gasteiger partial charge in [0.05, 0.1) is 18.1 Å². The van der Waals surface area contributed by atoms with Crippen molar-refractivity contribution in [2.24, 2.45) is 5.92 Å². The molecule has 37 heavy (non-hydrogen) atoms.